The summed E-state index contributed by atoms with van der Waals surface area (Å²) >= 11 is 0. The quantitative estimate of drug-likeness (QED) is 0.238. The molecule has 5 rings (SSSR count). The van der Waals surface area contributed by atoms with Crippen molar-refractivity contribution in [3.63, 3.8) is 0 Å². The Labute approximate surface area is 241 Å². The molecule has 42 heavy (non-hydrogen) atoms. The molecular weight excluding hydrogens is 548 g/mol. The molecule has 1 heterocycles. The molecule has 0 radical (unpaired) electrons. The molecule has 222 valence electrons. The molecule has 6 atom stereocenters. The number of phenolic OH excluding ortho intramolecular Hbond substituents is 1. The number of morpholine rings is 1. The fraction of sp³-hybridized carbons (Fsp3) is 0.517. The minimum absolute atomic E-state index is 0.0307. The second-order valence-electron chi connectivity index (χ2n) is 11.5. The lowest BCUT2D eigenvalue weighted by Crippen LogP contribution is -2.74. The number of nitrogens with zero attached hydrogens (tertiary/aromatic N) is 2. The number of likely N-dealkylation sites (N-methyl/N-ethyl adjacent to an activating group) is 1. The first-order valence-corrected chi connectivity index (χ1v) is 13.6. The average Bonchev–Trinajstić information content (AvgIpc) is 2.94. The number of terminal acetylenes is 1. The number of primary amides is 1. The Morgan fingerprint density at radius 3 is 2.48 bits per heavy atom. The van der Waals surface area contributed by atoms with E-state index < -0.39 is 70.1 Å². The summed E-state index contributed by atoms with van der Waals surface area (Å²) in [5.41, 5.74) is 3.13. The Bertz CT molecular complexity index is 1460. The predicted molar refractivity (Wildman–Crippen MR) is 144 cm³/mol. The van der Waals surface area contributed by atoms with E-state index in [2.05, 4.69) is 11.2 Å². The summed E-state index contributed by atoms with van der Waals surface area (Å²) < 4.78 is 5.28. The molecule has 0 aromatic heterocycles. The molecule has 13 heteroatoms. The molecule has 2 unspecified atom stereocenters. The Morgan fingerprint density at radius 1 is 1.21 bits per heavy atom. The normalized spacial score (nSPS) is 30.7. The van der Waals surface area contributed by atoms with Crippen LogP contribution in [0.25, 0.3) is 0 Å². The van der Waals surface area contributed by atoms with Crippen LogP contribution in [-0.4, -0.2) is 107 Å². The molecule has 0 spiro atoms. The number of benzene rings is 1. The number of carbonyl (C=O) groups is 6. The molecule has 3 amide bonds. The number of hydrogen-bond donors (Lipinski definition) is 4. The molecule has 1 aromatic carbocycles. The highest BCUT2D eigenvalue weighted by Gasteiger charge is 2.69. The van der Waals surface area contributed by atoms with Gasteiger partial charge in [-0.25, -0.2) is 4.79 Å². The predicted octanol–water partition coefficient (Wildman–Crippen LogP) is -1.61. The van der Waals surface area contributed by atoms with Crippen molar-refractivity contribution in [3.05, 3.63) is 28.3 Å². The number of ether oxygens (including phenoxy) is 1. The zero-order chi connectivity index (χ0) is 30.7. The number of fused-ring (bicyclic) bond motifs is 3. The number of nitrogens with one attached hydrogen (secondary N) is 1. The zero-order valence-corrected chi connectivity index (χ0v) is 23.2. The van der Waals surface area contributed by atoms with E-state index in [4.69, 9.17) is 16.9 Å². The van der Waals surface area contributed by atoms with Gasteiger partial charge in [0.15, 0.2) is 34.7 Å². The number of phenols is 1. The Hall–Kier alpha value is -4.12. The van der Waals surface area contributed by atoms with Gasteiger partial charge in [0.1, 0.15) is 5.75 Å². The van der Waals surface area contributed by atoms with E-state index in [0.29, 0.717) is 37.4 Å². The largest absolute Gasteiger partial charge is 0.506 e. The van der Waals surface area contributed by atoms with Crippen molar-refractivity contribution in [2.75, 3.05) is 40.4 Å². The van der Waals surface area contributed by atoms with Crippen molar-refractivity contribution < 1.29 is 43.7 Å². The number of amides is 3. The smallest absolute Gasteiger partial charge is 0.317 e. The lowest BCUT2D eigenvalue weighted by Gasteiger charge is -2.52. The van der Waals surface area contributed by atoms with Crippen molar-refractivity contribution >= 4 is 35.1 Å². The van der Waals surface area contributed by atoms with E-state index in [1.807, 2.05) is 0 Å². The number of rotatable bonds is 4. The molecule has 5 N–H and O–H groups in total. The van der Waals surface area contributed by atoms with Crippen LogP contribution in [0.5, 0.6) is 5.75 Å². The molecule has 2 saturated carbocycles. The van der Waals surface area contributed by atoms with Crippen molar-refractivity contribution in [1.82, 2.24) is 15.1 Å². The monoisotopic (exact) mass is 580 g/mol. The van der Waals surface area contributed by atoms with Crippen LogP contribution >= 0.6 is 0 Å². The van der Waals surface area contributed by atoms with Crippen LogP contribution in [-0.2, 0) is 36.9 Å². The van der Waals surface area contributed by atoms with Crippen molar-refractivity contribution in [2.24, 2.45) is 29.4 Å². The van der Waals surface area contributed by atoms with E-state index in [1.54, 1.807) is 4.90 Å². The first-order valence-electron chi connectivity index (χ1n) is 13.6. The minimum Gasteiger partial charge on any atom is -0.506 e. The van der Waals surface area contributed by atoms with Crippen LogP contribution in [0.2, 0.25) is 0 Å². The van der Waals surface area contributed by atoms with E-state index >= 15 is 0 Å². The summed E-state index contributed by atoms with van der Waals surface area (Å²) in [5, 5.41) is 25.5. The van der Waals surface area contributed by atoms with Crippen LogP contribution in [0.4, 0.5) is 4.79 Å². The number of Topliss-reactive ketones (excluding diaryl/α,β-unsaturated/α-hetero) is 4. The van der Waals surface area contributed by atoms with Gasteiger partial charge in [0, 0.05) is 25.6 Å². The molecule has 13 nitrogen and oxygen atoms in total. The van der Waals surface area contributed by atoms with Crippen molar-refractivity contribution in [2.45, 2.75) is 31.0 Å². The Balaban J connectivity index is 1.55. The Morgan fingerprint density at radius 2 is 1.88 bits per heavy atom. The highest BCUT2D eigenvalue weighted by molar-refractivity contribution is 6.32. The van der Waals surface area contributed by atoms with Crippen LogP contribution in [0.3, 0.4) is 0 Å². The maximum atomic E-state index is 14.0. The maximum Gasteiger partial charge on any atom is 0.317 e. The van der Waals surface area contributed by atoms with Gasteiger partial charge in [-0.2, -0.15) is 0 Å². The highest BCUT2D eigenvalue weighted by atomic mass is 16.5. The van der Waals surface area contributed by atoms with E-state index in [-0.39, 0.29) is 36.5 Å². The van der Waals surface area contributed by atoms with E-state index in [0.717, 1.165) is 0 Å². The second-order valence-corrected chi connectivity index (χ2v) is 11.5. The number of aromatic hydroxyl groups is 1. The third-order valence-electron chi connectivity index (χ3n) is 9.04. The van der Waals surface area contributed by atoms with Crippen LogP contribution in [0.1, 0.15) is 33.5 Å². The number of carbonyl (C=O) groups excluding carboxylic acids is 6. The van der Waals surface area contributed by atoms with E-state index in [1.165, 1.54) is 25.1 Å². The summed E-state index contributed by atoms with van der Waals surface area (Å²) in [6.07, 6.45) is 5.57. The standard InChI is InChI=1S/C29H32N4O9/c1-4-13-9-15(12-31-28(40)33-5-7-42-8-6-33)16-10-14-11-17-21(32(2)3)24(36)20(27(30)39)26(38)29(17,41)25(37)18(14)23(35)19(16)22(13)34/h1,9,14,17-18,20-21,34,41H,5-8,10-12H2,2-3H3,(H2,30,39)(H,31,40)/t14-,17-,18?,20?,21+,29-/m0/s1. The fourth-order valence-electron chi connectivity index (χ4n) is 7.07. The molecule has 1 aliphatic heterocycles. The lowest BCUT2D eigenvalue weighted by molar-refractivity contribution is -0.181. The number of nitrogens with two attached hydrogens (primary N) is 1. The summed E-state index contributed by atoms with van der Waals surface area (Å²) in [6, 6.07) is -0.0516. The van der Waals surface area contributed by atoms with Crippen molar-refractivity contribution in [3.8, 4) is 18.1 Å². The van der Waals surface area contributed by atoms with Crippen LogP contribution in [0, 0.1) is 36.0 Å². The molecule has 1 aromatic rings. The van der Waals surface area contributed by atoms with Gasteiger partial charge in [-0.15, -0.1) is 6.42 Å². The average molecular weight is 581 g/mol. The van der Waals surface area contributed by atoms with Crippen LogP contribution < -0.4 is 11.1 Å². The molecule has 0 bridgehead atoms. The third kappa shape index (κ3) is 4.29. The van der Waals surface area contributed by atoms with Crippen molar-refractivity contribution in [1.29, 1.82) is 0 Å². The van der Waals surface area contributed by atoms with Gasteiger partial charge in [0.25, 0.3) is 0 Å². The number of urea groups is 1. The third-order valence-corrected chi connectivity index (χ3v) is 9.04. The molecule has 3 aliphatic carbocycles. The highest BCUT2D eigenvalue weighted by Crippen LogP contribution is 2.51. The number of aliphatic hydroxyl groups is 1. The molecule has 1 saturated heterocycles. The first-order chi connectivity index (χ1) is 19.8. The molecule has 4 aliphatic rings. The first kappa shape index (κ1) is 29.4. The molecular formula is C29H32N4O9. The van der Waals surface area contributed by atoms with Crippen LogP contribution in [0.15, 0.2) is 6.07 Å². The van der Waals surface area contributed by atoms with Gasteiger partial charge in [0.05, 0.1) is 36.3 Å². The summed E-state index contributed by atoms with van der Waals surface area (Å²) in [5.74, 6) is -9.20. The van der Waals surface area contributed by atoms with E-state index in [9.17, 15) is 39.0 Å². The topological polar surface area (TPSA) is 197 Å². The fourth-order valence-corrected chi connectivity index (χ4v) is 7.07. The van der Waals surface area contributed by atoms with Gasteiger partial charge >= 0.3 is 6.03 Å². The molecule has 3 fully saturated rings. The van der Waals surface area contributed by atoms with Gasteiger partial charge in [-0.05, 0) is 50.0 Å². The number of hydrogen-bond acceptors (Lipinski definition) is 10. The summed E-state index contributed by atoms with van der Waals surface area (Å²) in [7, 11) is 3.03. The lowest BCUT2D eigenvalue weighted by atomic mass is 9.52. The summed E-state index contributed by atoms with van der Waals surface area (Å²) in [6.45, 7) is 1.59. The van der Waals surface area contributed by atoms with Gasteiger partial charge in [0.2, 0.25) is 5.91 Å². The zero-order valence-electron chi connectivity index (χ0n) is 23.2. The Kier molecular flexibility index (Phi) is 7.42. The minimum atomic E-state index is -2.81. The van der Waals surface area contributed by atoms with Gasteiger partial charge in [-0.3, -0.25) is 28.9 Å². The maximum absolute atomic E-state index is 14.0. The van der Waals surface area contributed by atoms with Gasteiger partial charge < -0.3 is 30.9 Å². The SMILES string of the molecule is C#Cc1cc(CNC(=O)N2CCOCC2)c2c(c1O)C(=O)C1C(=O)[C@]3(O)C(=O)C(C(N)=O)C(=O)[C@H](N(C)C)[C@@H]3C[C@@H]1C2. The number of ketones is 4. The summed E-state index contributed by atoms with van der Waals surface area (Å²) in [4.78, 5) is 82.4. The second kappa shape index (κ2) is 10.6. The van der Waals surface area contributed by atoms with Gasteiger partial charge in [-0.1, -0.05) is 5.92 Å².